The fourth-order valence-electron chi connectivity index (χ4n) is 3.35. The maximum atomic E-state index is 12.7. The van der Waals surface area contributed by atoms with Crippen molar-refractivity contribution in [3.8, 4) is 11.5 Å². The maximum absolute atomic E-state index is 12.7. The molecule has 2 aliphatic rings. The summed E-state index contributed by atoms with van der Waals surface area (Å²) in [5.41, 5.74) is 0.653. The minimum atomic E-state index is -0.189. The van der Waals surface area contributed by atoms with Gasteiger partial charge in [-0.15, -0.1) is 0 Å². The van der Waals surface area contributed by atoms with Gasteiger partial charge < -0.3 is 24.6 Å². The minimum Gasteiger partial charge on any atom is -0.497 e. The highest BCUT2D eigenvalue weighted by Crippen LogP contribution is 2.31. The second-order valence-electron chi connectivity index (χ2n) is 7.07. The van der Waals surface area contributed by atoms with E-state index in [9.17, 15) is 9.59 Å². The van der Waals surface area contributed by atoms with E-state index in [2.05, 4.69) is 5.32 Å². The van der Waals surface area contributed by atoms with E-state index in [0.717, 1.165) is 39.0 Å². The molecule has 2 amide bonds. The molecule has 7 heteroatoms. The summed E-state index contributed by atoms with van der Waals surface area (Å²) < 4.78 is 10.5. The number of anilines is 1. The van der Waals surface area contributed by atoms with Gasteiger partial charge in [-0.25, -0.2) is 0 Å². The largest absolute Gasteiger partial charge is 0.497 e. The summed E-state index contributed by atoms with van der Waals surface area (Å²) in [5, 5.41) is 2.95. The molecule has 1 aromatic carbocycles. The predicted octanol–water partition coefficient (Wildman–Crippen LogP) is 0.168. The zero-order valence-corrected chi connectivity index (χ0v) is 15.7. The van der Waals surface area contributed by atoms with Gasteiger partial charge in [-0.05, 0) is 19.8 Å². The van der Waals surface area contributed by atoms with E-state index in [1.54, 1.807) is 32.4 Å². The number of nitrogens with zero attached hydrogens (tertiary/aromatic N) is 1. The molecular formula is C19H28N3O4+. The zero-order valence-electron chi connectivity index (χ0n) is 15.7. The van der Waals surface area contributed by atoms with Gasteiger partial charge in [-0.3, -0.25) is 9.59 Å². The smallest absolute Gasteiger partial charge is 0.282 e. The molecule has 0 aromatic heterocycles. The Morgan fingerprint density at radius 1 is 1.12 bits per heavy atom. The van der Waals surface area contributed by atoms with Gasteiger partial charge in [0.25, 0.3) is 5.91 Å². The fraction of sp³-hybridized carbons (Fsp3) is 0.579. The Hall–Kier alpha value is -2.28. The van der Waals surface area contributed by atoms with Crippen LogP contribution in [0.15, 0.2) is 18.2 Å². The number of ether oxygens (including phenoxy) is 2. The Kier molecular flexibility index (Phi) is 5.66. The number of carbonyl (C=O) groups excluding carboxylic acids is 2. The van der Waals surface area contributed by atoms with Crippen molar-refractivity contribution in [1.82, 2.24) is 4.90 Å². The van der Waals surface area contributed by atoms with Crippen molar-refractivity contribution < 1.29 is 24.0 Å². The first kappa shape index (κ1) is 18.5. The highest BCUT2D eigenvalue weighted by atomic mass is 16.5. The zero-order chi connectivity index (χ0) is 18.7. The normalized spacial score (nSPS) is 19.0. The van der Waals surface area contributed by atoms with E-state index in [0.29, 0.717) is 23.1 Å². The standard InChI is InChI=1S/C19H27N3O4/c1-13(21-6-8-22(9-7-21)19(24)14-4-5-14)18(23)20-15-10-16(25-2)12-17(11-15)26-3/h10-14H,4-9H2,1-3H3,(H,20,23)/p+1/t13-/m0/s1. The molecule has 1 saturated heterocycles. The first-order chi connectivity index (χ1) is 12.5. The highest BCUT2D eigenvalue weighted by molar-refractivity contribution is 5.94. The van der Waals surface area contributed by atoms with Crippen molar-refractivity contribution in [3.05, 3.63) is 18.2 Å². The first-order valence-corrected chi connectivity index (χ1v) is 9.19. The van der Waals surface area contributed by atoms with Crippen LogP contribution in [0.5, 0.6) is 11.5 Å². The highest BCUT2D eigenvalue weighted by Gasteiger charge is 2.37. The molecule has 3 rings (SSSR count). The van der Waals surface area contributed by atoms with Crippen LogP contribution < -0.4 is 19.7 Å². The second-order valence-corrected chi connectivity index (χ2v) is 7.07. The van der Waals surface area contributed by atoms with Crippen LogP contribution in [0.2, 0.25) is 0 Å². The molecule has 142 valence electrons. The SMILES string of the molecule is COc1cc(NC(=O)[C@H](C)[NH+]2CCN(C(=O)C3CC3)CC2)cc(OC)c1. The Bertz CT molecular complexity index is 644. The molecule has 0 spiro atoms. The minimum absolute atomic E-state index is 0.0442. The number of benzene rings is 1. The van der Waals surface area contributed by atoms with Gasteiger partial charge >= 0.3 is 0 Å². The average Bonchev–Trinajstić information content (AvgIpc) is 3.51. The molecule has 1 aliphatic carbocycles. The Morgan fingerprint density at radius 2 is 1.69 bits per heavy atom. The maximum Gasteiger partial charge on any atom is 0.282 e. The summed E-state index contributed by atoms with van der Waals surface area (Å²) in [6.07, 6.45) is 2.07. The van der Waals surface area contributed by atoms with Gasteiger partial charge in [-0.1, -0.05) is 0 Å². The average molecular weight is 362 g/mol. The topological polar surface area (TPSA) is 72.3 Å². The number of quaternary nitrogens is 1. The molecule has 1 heterocycles. The summed E-state index contributed by atoms with van der Waals surface area (Å²) in [6, 6.07) is 5.12. The van der Waals surface area contributed by atoms with Gasteiger partial charge in [-0.2, -0.15) is 0 Å². The molecule has 1 aromatic rings. The van der Waals surface area contributed by atoms with Crippen LogP contribution in [-0.2, 0) is 9.59 Å². The molecule has 7 nitrogen and oxygen atoms in total. The summed E-state index contributed by atoms with van der Waals surface area (Å²) in [6.45, 7) is 4.99. The second kappa shape index (κ2) is 7.95. The van der Waals surface area contributed by atoms with Crippen molar-refractivity contribution in [2.24, 2.45) is 5.92 Å². The van der Waals surface area contributed by atoms with Gasteiger partial charge in [0.05, 0.1) is 40.4 Å². The van der Waals surface area contributed by atoms with E-state index >= 15 is 0 Å². The van der Waals surface area contributed by atoms with E-state index in [4.69, 9.17) is 9.47 Å². The lowest BCUT2D eigenvalue weighted by Crippen LogP contribution is -3.19. The van der Waals surface area contributed by atoms with E-state index in [1.807, 2.05) is 11.8 Å². The van der Waals surface area contributed by atoms with Gasteiger partial charge in [0.1, 0.15) is 11.5 Å². The van der Waals surface area contributed by atoms with Gasteiger partial charge in [0.15, 0.2) is 6.04 Å². The number of amides is 2. The Morgan fingerprint density at radius 3 is 2.19 bits per heavy atom. The summed E-state index contributed by atoms with van der Waals surface area (Å²) in [5.74, 6) is 1.78. The van der Waals surface area contributed by atoms with E-state index < -0.39 is 0 Å². The van der Waals surface area contributed by atoms with Crippen LogP contribution in [0.3, 0.4) is 0 Å². The van der Waals surface area contributed by atoms with Crippen molar-refractivity contribution >= 4 is 17.5 Å². The van der Waals surface area contributed by atoms with Crippen LogP contribution in [0.1, 0.15) is 19.8 Å². The molecule has 0 unspecified atom stereocenters. The number of piperazine rings is 1. The van der Waals surface area contributed by atoms with Crippen molar-refractivity contribution in [3.63, 3.8) is 0 Å². The summed E-state index contributed by atoms with van der Waals surface area (Å²) in [7, 11) is 3.16. The molecule has 1 saturated carbocycles. The van der Waals surface area contributed by atoms with Crippen LogP contribution in [0, 0.1) is 5.92 Å². The molecule has 2 fully saturated rings. The number of nitrogens with one attached hydrogen (secondary N) is 2. The number of carbonyl (C=O) groups is 2. The third-order valence-electron chi connectivity index (χ3n) is 5.27. The van der Waals surface area contributed by atoms with Gasteiger partial charge in [0, 0.05) is 29.8 Å². The monoisotopic (exact) mass is 362 g/mol. The number of hydrogen-bond acceptors (Lipinski definition) is 4. The van der Waals surface area contributed by atoms with E-state index in [1.165, 1.54) is 4.90 Å². The third-order valence-corrected chi connectivity index (χ3v) is 5.27. The lowest BCUT2D eigenvalue weighted by Gasteiger charge is -2.35. The molecule has 1 aliphatic heterocycles. The number of hydrogen-bond donors (Lipinski definition) is 2. The van der Waals surface area contributed by atoms with Crippen LogP contribution in [0.25, 0.3) is 0 Å². The Balaban J connectivity index is 1.55. The van der Waals surface area contributed by atoms with Crippen molar-refractivity contribution in [2.45, 2.75) is 25.8 Å². The van der Waals surface area contributed by atoms with Crippen LogP contribution in [0.4, 0.5) is 5.69 Å². The Labute approximate surface area is 154 Å². The van der Waals surface area contributed by atoms with E-state index in [-0.39, 0.29) is 17.9 Å². The molecule has 0 radical (unpaired) electrons. The molecule has 2 N–H and O–H groups in total. The summed E-state index contributed by atoms with van der Waals surface area (Å²) in [4.78, 5) is 28.0. The molecular weight excluding hydrogens is 334 g/mol. The molecule has 0 bridgehead atoms. The van der Waals surface area contributed by atoms with Crippen LogP contribution >= 0.6 is 0 Å². The number of rotatable bonds is 6. The third kappa shape index (κ3) is 4.27. The molecule has 26 heavy (non-hydrogen) atoms. The number of methoxy groups -OCH3 is 2. The summed E-state index contributed by atoms with van der Waals surface area (Å²) >= 11 is 0. The lowest BCUT2D eigenvalue weighted by atomic mass is 10.2. The predicted molar refractivity (Wildman–Crippen MR) is 97.6 cm³/mol. The van der Waals surface area contributed by atoms with Crippen molar-refractivity contribution in [1.29, 1.82) is 0 Å². The van der Waals surface area contributed by atoms with Gasteiger partial charge in [0.2, 0.25) is 5.91 Å². The van der Waals surface area contributed by atoms with Crippen molar-refractivity contribution in [2.75, 3.05) is 45.7 Å². The first-order valence-electron chi connectivity index (χ1n) is 9.19. The fourth-order valence-corrected chi connectivity index (χ4v) is 3.35. The van der Waals surface area contributed by atoms with Crippen LogP contribution in [-0.4, -0.2) is 63.2 Å². The lowest BCUT2D eigenvalue weighted by molar-refractivity contribution is -0.917. The quantitative estimate of drug-likeness (QED) is 0.757. The molecule has 1 atom stereocenters.